The molecular formula is C19H16ClFN4O. The van der Waals surface area contributed by atoms with Gasteiger partial charge in [0.15, 0.2) is 0 Å². The monoisotopic (exact) mass is 370 g/mol. The standard InChI is InChI=1S/C19H16ClFN4O/c20-13-4-3-5-14(10-13)23-19(26)24-8-9-25-18(12-24)16(11-22-25)15-6-1-2-7-17(15)21/h1-7,10-11H,8-9,12H2,(H,23,26). The normalized spacial score (nSPS) is 13.4. The Morgan fingerprint density at radius 1 is 1.12 bits per heavy atom. The van der Waals surface area contributed by atoms with E-state index in [1.54, 1.807) is 53.6 Å². The van der Waals surface area contributed by atoms with Crippen LogP contribution in [0.15, 0.2) is 54.7 Å². The quantitative estimate of drug-likeness (QED) is 0.727. The van der Waals surface area contributed by atoms with E-state index in [0.29, 0.717) is 41.5 Å². The summed E-state index contributed by atoms with van der Waals surface area (Å²) in [5.74, 6) is -0.302. The van der Waals surface area contributed by atoms with Crippen LogP contribution in [0, 0.1) is 5.82 Å². The minimum absolute atomic E-state index is 0.223. The zero-order chi connectivity index (χ0) is 18.1. The topological polar surface area (TPSA) is 50.2 Å². The number of hydrogen-bond acceptors (Lipinski definition) is 2. The zero-order valence-electron chi connectivity index (χ0n) is 13.8. The molecule has 4 rings (SSSR count). The molecule has 2 amide bonds. The van der Waals surface area contributed by atoms with Gasteiger partial charge in [-0.2, -0.15) is 5.10 Å². The molecule has 2 aromatic carbocycles. The van der Waals surface area contributed by atoms with Gasteiger partial charge >= 0.3 is 6.03 Å². The van der Waals surface area contributed by atoms with Gasteiger partial charge in [0.2, 0.25) is 0 Å². The fraction of sp³-hybridized carbons (Fsp3) is 0.158. The lowest BCUT2D eigenvalue weighted by Crippen LogP contribution is -2.41. The van der Waals surface area contributed by atoms with Crippen molar-refractivity contribution in [2.45, 2.75) is 13.1 Å². The van der Waals surface area contributed by atoms with Gasteiger partial charge in [0.1, 0.15) is 5.82 Å². The number of benzene rings is 2. The summed E-state index contributed by atoms with van der Waals surface area (Å²) < 4.78 is 16.0. The summed E-state index contributed by atoms with van der Waals surface area (Å²) in [5, 5.41) is 7.74. The first-order chi connectivity index (χ1) is 12.6. The van der Waals surface area contributed by atoms with E-state index in [2.05, 4.69) is 10.4 Å². The fourth-order valence-electron chi connectivity index (χ4n) is 3.09. The van der Waals surface area contributed by atoms with Gasteiger partial charge in [0, 0.05) is 28.4 Å². The second-order valence-corrected chi connectivity index (χ2v) is 6.51. The number of carbonyl (C=O) groups excluding carboxylic acids is 1. The number of fused-ring (bicyclic) bond motifs is 1. The number of anilines is 1. The molecular weight excluding hydrogens is 355 g/mol. The van der Waals surface area contributed by atoms with Crippen LogP contribution in [0.2, 0.25) is 5.02 Å². The van der Waals surface area contributed by atoms with Crippen molar-refractivity contribution in [3.05, 3.63) is 71.3 Å². The zero-order valence-corrected chi connectivity index (χ0v) is 14.6. The van der Waals surface area contributed by atoms with E-state index >= 15 is 0 Å². The van der Waals surface area contributed by atoms with Gasteiger partial charge in [0.25, 0.3) is 0 Å². The molecule has 0 atom stereocenters. The highest BCUT2D eigenvalue weighted by atomic mass is 35.5. The van der Waals surface area contributed by atoms with Crippen molar-refractivity contribution in [3.8, 4) is 11.1 Å². The molecule has 3 aromatic rings. The number of halogens is 2. The van der Waals surface area contributed by atoms with Crippen LogP contribution in [0.1, 0.15) is 5.69 Å². The van der Waals surface area contributed by atoms with E-state index in [9.17, 15) is 9.18 Å². The molecule has 2 heterocycles. The molecule has 1 N–H and O–H groups in total. The Hall–Kier alpha value is -2.86. The Bertz CT molecular complexity index is 972. The first kappa shape index (κ1) is 16.6. The third-order valence-corrected chi connectivity index (χ3v) is 4.63. The van der Waals surface area contributed by atoms with Crippen LogP contribution in [-0.4, -0.2) is 27.3 Å². The van der Waals surface area contributed by atoms with Crippen LogP contribution in [0.25, 0.3) is 11.1 Å². The predicted octanol–water partition coefficient (Wildman–Crippen LogP) is 4.39. The lowest BCUT2D eigenvalue weighted by atomic mass is 10.0. The summed E-state index contributed by atoms with van der Waals surface area (Å²) in [4.78, 5) is 14.3. The minimum atomic E-state index is -0.302. The largest absolute Gasteiger partial charge is 0.322 e. The molecule has 0 bridgehead atoms. The van der Waals surface area contributed by atoms with Crippen LogP contribution in [-0.2, 0) is 13.1 Å². The summed E-state index contributed by atoms with van der Waals surface area (Å²) in [6, 6.07) is 13.4. The van der Waals surface area contributed by atoms with E-state index < -0.39 is 0 Å². The molecule has 0 saturated heterocycles. The molecule has 1 aliphatic rings. The molecule has 7 heteroatoms. The number of amides is 2. The lowest BCUT2D eigenvalue weighted by molar-refractivity contribution is 0.194. The average Bonchev–Trinajstić information content (AvgIpc) is 3.05. The van der Waals surface area contributed by atoms with Crippen LogP contribution in [0.5, 0.6) is 0 Å². The Balaban J connectivity index is 1.57. The van der Waals surface area contributed by atoms with E-state index in [1.807, 2.05) is 4.68 Å². The van der Waals surface area contributed by atoms with Crippen molar-refractivity contribution in [2.24, 2.45) is 0 Å². The highest BCUT2D eigenvalue weighted by Gasteiger charge is 2.25. The third-order valence-electron chi connectivity index (χ3n) is 4.40. The maximum absolute atomic E-state index is 14.2. The molecule has 0 unspecified atom stereocenters. The van der Waals surface area contributed by atoms with Crippen molar-refractivity contribution in [2.75, 3.05) is 11.9 Å². The van der Waals surface area contributed by atoms with Gasteiger partial charge in [-0.3, -0.25) is 4.68 Å². The number of carbonyl (C=O) groups is 1. The summed E-state index contributed by atoms with van der Waals surface area (Å²) in [6.45, 7) is 1.45. The van der Waals surface area contributed by atoms with Crippen LogP contribution < -0.4 is 5.32 Å². The number of nitrogens with one attached hydrogen (secondary N) is 1. The molecule has 0 radical (unpaired) electrons. The Kier molecular flexibility index (Phi) is 4.34. The fourth-order valence-corrected chi connectivity index (χ4v) is 3.28. The highest BCUT2D eigenvalue weighted by Crippen LogP contribution is 2.29. The van der Waals surface area contributed by atoms with Gasteiger partial charge in [-0.25, -0.2) is 9.18 Å². The average molecular weight is 371 g/mol. The SMILES string of the molecule is O=C(Nc1cccc(Cl)c1)N1CCn2ncc(-c3ccccc3F)c2C1. The van der Waals surface area contributed by atoms with Crippen molar-refractivity contribution in [1.82, 2.24) is 14.7 Å². The molecule has 0 fully saturated rings. The minimum Gasteiger partial charge on any atom is -0.317 e. The van der Waals surface area contributed by atoms with Crippen LogP contribution in [0.4, 0.5) is 14.9 Å². The molecule has 132 valence electrons. The van der Waals surface area contributed by atoms with Gasteiger partial charge < -0.3 is 10.2 Å². The second-order valence-electron chi connectivity index (χ2n) is 6.07. The maximum atomic E-state index is 14.2. The van der Waals surface area contributed by atoms with E-state index in [1.165, 1.54) is 6.07 Å². The first-order valence-electron chi connectivity index (χ1n) is 8.23. The number of urea groups is 1. The number of rotatable bonds is 2. The summed E-state index contributed by atoms with van der Waals surface area (Å²) >= 11 is 5.96. The van der Waals surface area contributed by atoms with Crippen molar-refractivity contribution in [3.63, 3.8) is 0 Å². The molecule has 5 nitrogen and oxygen atoms in total. The number of hydrogen-bond donors (Lipinski definition) is 1. The Labute approximate surface area is 155 Å². The number of aromatic nitrogens is 2. The lowest BCUT2D eigenvalue weighted by Gasteiger charge is -2.28. The predicted molar refractivity (Wildman–Crippen MR) is 98.5 cm³/mol. The highest BCUT2D eigenvalue weighted by molar-refractivity contribution is 6.30. The Morgan fingerprint density at radius 3 is 2.77 bits per heavy atom. The van der Waals surface area contributed by atoms with E-state index in [4.69, 9.17) is 11.6 Å². The summed E-state index contributed by atoms with van der Waals surface area (Å²) in [5.41, 5.74) is 2.66. The molecule has 0 spiro atoms. The molecule has 1 aliphatic heterocycles. The smallest absolute Gasteiger partial charge is 0.317 e. The van der Waals surface area contributed by atoms with E-state index in [-0.39, 0.29) is 11.8 Å². The maximum Gasteiger partial charge on any atom is 0.322 e. The van der Waals surface area contributed by atoms with Crippen LogP contribution >= 0.6 is 11.6 Å². The molecule has 0 saturated carbocycles. The van der Waals surface area contributed by atoms with Crippen molar-refractivity contribution >= 4 is 23.3 Å². The third kappa shape index (κ3) is 3.15. The molecule has 1 aromatic heterocycles. The molecule has 26 heavy (non-hydrogen) atoms. The summed E-state index contributed by atoms with van der Waals surface area (Å²) in [7, 11) is 0. The first-order valence-corrected chi connectivity index (χ1v) is 8.61. The van der Waals surface area contributed by atoms with Gasteiger partial charge in [0.05, 0.1) is 25.0 Å². The Morgan fingerprint density at radius 2 is 1.96 bits per heavy atom. The second kappa shape index (κ2) is 6.80. The van der Waals surface area contributed by atoms with Crippen molar-refractivity contribution < 1.29 is 9.18 Å². The van der Waals surface area contributed by atoms with Gasteiger partial charge in [-0.05, 0) is 24.3 Å². The van der Waals surface area contributed by atoms with E-state index in [0.717, 1.165) is 5.69 Å². The van der Waals surface area contributed by atoms with Crippen molar-refractivity contribution in [1.29, 1.82) is 0 Å². The summed E-state index contributed by atoms with van der Waals surface area (Å²) in [6.07, 6.45) is 1.66. The molecule has 0 aliphatic carbocycles. The number of nitrogens with zero attached hydrogens (tertiary/aromatic N) is 3. The van der Waals surface area contributed by atoms with Gasteiger partial charge in [-0.1, -0.05) is 35.9 Å². The van der Waals surface area contributed by atoms with Crippen LogP contribution in [0.3, 0.4) is 0 Å². The van der Waals surface area contributed by atoms with Gasteiger partial charge in [-0.15, -0.1) is 0 Å².